The summed E-state index contributed by atoms with van der Waals surface area (Å²) in [5.41, 5.74) is 2.84. The van der Waals surface area contributed by atoms with Crippen molar-refractivity contribution in [3.05, 3.63) is 88.7 Å². The highest BCUT2D eigenvalue weighted by Crippen LogP contribution is 2.25. The molecule has 2 amide bonds. The normalized spacial score (nSPS) is 13.8. The van der Waals surface area contributed by atoms with Gasteiger partial charge in [-0.15, -0.1) is 11.3 Å². The monoisotopic (exact) mass is 477 g/mol. The molecule has 166 valence electrons. The molecule has 1 saturated heterocycles. The minimum Gasteiger partial charge on any atom is -0.335 e. The third kappa shape index (κ3) is 4.53. The molecular formula is C24H20ClN5O2S. The first-order valence-corrected chi connectivity index (χ1v) is 11.7. The van der Waals surface area contributed by atoms with Gasteiger partial charge in [-0.3, -0.25) is 9.59 Å². The number of piperazine rings is 1. The van der Waals surface area contributed by atoms with Crippen molar-refractivity contribution in [1.82, 2.24) is 24.6 Å². The van der Waals surface area contributed by atoms with E-state index in [9.17, 15) is 9.59 Å². The molecule has 0 bridgehead atoms. The van der Waals surface area contributed by atoms with Crippen LogP contribution >= 0.6 is 22.9 Å². The van der Waals surface area contributed by atoms with Crippen LogP contribution in [0.4, 0.5) is 0 Å². The second-order valence-corrected chi connectivity index (χ2v) is 8.93. The Labute approximate surface area is 199 Å². The molecule has 0 spiro atoms. The first-order valence-electron chi connectivity index (χ1n) is 10.5. The average Bonchev–Trinajstić information content (AvgIpc) is 3.55. The van der Waals surface area contributed by atoms with Gasteiger partial charge in [-0.1, -0.05) is 29.8 Å². The Balaban J connectivity index is 1.22. The number of para-hydroxylation sites is 1. The van der Waals surface area contributed by atoms with E-state index in [0.29, 0.717) is 42.5 Å². The van der Waals surface area contributed by atoms with Crippen LogP contribution in [0, 0.1) is 0 Å². The van der Waals surface area contributed by atoms with E-state index in [2.05, 4.69) is 10.1 Å². The summed E-state index contributed by atoms with van der Waals surface area (Å²) in [5.74, 6) is -0.170. The third-order valence-corrected chi connectivity index (χ3v) is 6.66. The Bertz CT molecular complexity index is 1280. The lowest BCUT2D eigenvalue weighted by Gasteiger charge is -2.34. The Morgan fingerprint density at radius 2 is 1.55 bits per heavy atom. The lowest BCUT2D eigenvalue weighted by atomic mass is 10.2. The molecule has 2 aromatic heterocycles. The Morgan fingerprint density at radius 1 is 0.879 bits per heavy atom. The molecule has 7 nitrogen and oxygen atoms in total. The number of hydrogen-bond donors (Lipinski definition) is 0. The summed E-state index contributed by atoms with van der Waals surface area (Å²) in [7, 11) is 0. The molecule has 0 radical (unpaired) electrons. The van der Waals surface area contributed by atoms with Crippen molar-refractivity contribution in [2.75, 3.05) is 26.2 Å². The molecule has 33 heavy (non-hydrogen) atoms. The summed E-state index contributed by atoms with van der Waals surface area (Å²) < 4.78 is 1.79. The van der Waals surface area contributed by atoms with Crippen LogP contribution in [0.3, 0.4) is 0 Å². The minimum absolute atomic E-state index is 0.0508. The fraction of sp³-hybridized carbons (Fsp3) is 0.167. The Hall–Kier alpha value is -3.49. The van der Waals surface area contributed by atoms with Crippen LogP contribution in [-0.4, -0.2) is 62.6 Å². The maximum atomic E-state index is 13.0. The topological polar surface area (TPSA) is 71.3 Å². The van der Waals surface area contributed by atoms with Crippen LogP contribution in [0.25, 0.3) is 16.3 Å². The first-order chi connectivity index (χ1) is 16.1. The van der Waals surface area contributed by atoms with E-state index in [-0.39, 0.29) is 11.8 Å². The van der Waals surface area contributed by atoms with Crippen LogP contribution in [0.5, 0.6) is 0 Å². The van der Waals surface area contributed by atoms with E-state index in [1.807, 2.05) is 36.5 Å². The third-order valence-electron chi connectivity index (χ3n) is 5.52. The summed E-state index contributed by atoms with van der Waals surface area (Å²) in [6.45, 7) is 1.90. The molecule has 1 aliphatic rings. The van der Waals surface area contributed by atoms with Crippen molar-refractivity contribution in [3.8, 4) is 16.3 Å². The summed E-state index contributed by atoms with van der Waals surface area (Å²) in [6, 6.07) is 16.7. The number of halogens is 1. The van der Waals surface area contributed by atoms with Crippen LogP contribution in [-0.2, 0) is 0 Å². The van der Waals surface area contributed by atoms with Crippen molar-refractivity contribution in [2.45, 2.75) is 0 Å². The fourth-order valence-electron chi connectivity index (χ4n) is 3.71. The Morgan fingerprint density at radius 3 is 2.24 bits per heavy atom. The van der Waals surface area contributed by atoms with Gasteiger partial charge < -0.3 is 9.80 Å². The molecule has 1 aliphatic heterocycles. The zero-order valence-corrected chi connectivity index (χ0v) is 19.2. The number of carbonyl (C=O) groups excluding carboxylic acids is 2. The quantitative estimate of drug-likeness (QED) is 0.440. The second kappa shape index (κ2) is 9.17. The molecule has 9 heteroatoms. The lowest BCUT2D eigenvalue weighted by molar-refractivity contribution is 0.0533. The highest BCUT2D eigenvalue weighted by molar-refractivity contribution is 7.13. The van der Waals surface area contributed by atoms with Gasteiger partial charge in [0, 0.05) is 53.9 Å². The van der Waals surface area contributed by atoms with Crippen molar-refractivity contribution < 1.29 is 9.59 Å². The molecule has 2 aromatic carbocycles. The fourth-order valence-corrected chi connectivity index (χ4v) is 4.60. The van der Waals surface area contributed by atoms with Crippen molar-refractivity contribution in [2.24, 2.45) is 0 Å². The maximum Gasteiger partial charge on any atom is 0.273 e. The molecule has 0 atom stereocenters. The minimum atomic E-state index is -0.119. The standard InChI is InChI=1S/C24H20ClN5O2S/c25-19-8-6-17(7-9-19)23(31)28-10-12-29(13-11-28)24(32)21-16-33-22(27-21)18-14-26-30(15-18)20-4-2-1-3-5-20/h1-9,14-16H,10-13H2. The van der Waals surface area contributed by atoms with E-state index >= 15 is 0 Å². The highest BCUT2D eigenvalue weighted by Gasteiger charge is 2.27. The van der Waals surface area contributed by atoms with E-state index in [1.54, 1.807) is 50.3 Å². The van der Waals surface area contributed by atoms with E-state index in [0.717, 1.165) is 16.3 Å². The highest BCUT2D eigenvalue weighted by atomic mass is 35.5. The van der Waals surface area contributed by atoms with Gasteiger partial charge in [-0.05, 0) is 36.4 Å². The number of aromatic nitrogens is 3. The molecule has 1 fully saturated rings. The molecule has 3 heterocycles. The van der Waals surface area contributed by atoms with Crippen LogP contribution in [0.15, 0.2) is 72.4 Å². The molecule has 4 aromatic rings. The predicted molar refractivity (Wildman–Crippen MR) is 128 cm³/mol. The molecular weight excluding hydrogens is 458 g/mol. The van der Waals surface area contributed by atoms with Gasteiger partial charge in [-0.2, -0.15) is 5.10 Å². The van der Waals surface area contributed by atoms with E-state index in [4.69, 9.17) is 11.6 Å². The van der Waals surface area contributed by atoms with Crippen molar-refractivity contribution >= 4 is 34.8 Å². The van der Waals surface area contributed by atoms with Crippen molar-refractivity contribution in [3.63, 3.8) is 0 Å². The van der Waals surface area contributed by atoms with Gasteiger partial charge in [0.2, 0.25) is 0 Å². The summed E-state index contributed by atoms with van der Waals surface area (Å²) >= 11 is 7.33. The van der Waals surface area contributed by atoms with Crippen LogP contribution in [0.2, 0.25) is 5.02 Å². The average molecular weight is 478 g/mol. The second-order valence-electron chi connectivity index (χ2n) is 7.64. The number of rotatable bonds is 4. The van der Waals surface area contributed by atoms with E-state index in [1.165, 1.54) is 11.3 Å². The van der Waals surface area contributed by atoms with Crippen LogP contribution < -0.4 is 0 Å². The Kier molecular flexibility index (Phi) is 5.93. The summed E-state index contributed by atoms with van der Waals surface area (Å²) in [4.78, 5) is 33.7. The van der Waals surface area contributed by atoms with Gasteiger partial charge in [-0.25, -0.2) is 9.67 Å². The zero-order chi connectivity index (χ0) is 22.8. The first kappa shape index (κ1) is 21.4. The lowest BCUT2D eigenvalue weighted by Crippen LogP contribution is -2.50. The SMILES string of the molecule is O=C(c1ccc(Cl)cc1)N1CCN(C(=O)c2csc(-c3cnn(-c4ccccc4)c3)n2)CC1. The largest absolute Gasteiger partial charge is 0.335 e. The number of nitrogens with zero attached hydrogens (tertiary/aromatic N) is 5. The molecule has 0 saturated carbocycles. The number of hydrogen-bond acceptors (Lipinski definition) is 5. The van der Waals surface area contributed by atoms with Crippen molar-refractivity contribution in [1.29, 1.82) is 0 Å². The summed E-state index contributed by atoms with van der Waals surface area (Å²) in [5, 5.41) is 7.53. The van der Waals surface area contributed by atoms with Crippen LogP contribution in [0.1, 0.15) is 20.8 Å². The molecule has 0 N–H and O–H groups in total. The molecule has 0 aliphatic carbocycles. The number of amides is 2. The number of benzene rings is 2. The molecule has 5 rings (SSSR count). The number of carbonyl (C=O) groups is 2. The number of thiazole rings is 1. The van der Waals surface area contributed by atoms with Gasteiger partial charge in [0.15, 0.2) is 0 Å². The molecule has 0 unspecified atom stereocenters. The maximum absolute atomic E-state index is 13.0. The van der Waals surface area contributed by atoms with Gasteiger partial charge >= 0.3 is 0 Å². The predicted octanol–water partition coefficient (Wildman–Crippen LogP) is 4.25. The zero-order valence-electron chi connectivity index (χ0n) is 17.6. The summed E-state index contributed by atoms with van der Waals surface area (Å²) in [6.07, 6.45) is 3.66. The van der Waals surface area contributed by atoms with E-state index < -0.39 is 0 Å². The van der Waals surface area contributed by atoms with Gasteiger partial charge in [0.25, 0.3) is 11.8 Å². The van der Waals surface area contributed by atoms with Gasteiger partial charge in [0.05, 0.1) is 11.9 Å². The smallest absolute Gasteiger partial charge is 0.273 e. The van der Waals surface area contributed by atoms with Gasteiger partial charge in [0.1, 0.15) is 10.7 Å².